The normalized spacial score (nSPS) is 11.7. The Labute approximate surface area is 129 Å². The van der Waals surface area contributed by atoms with E-state index < -0.39 is 10.0 Å². The van der Waals surface area contributed by atoms with Gasteiger partial charge in [0.05, 0.1) is 11.4 Å². The second-order valence-corrected chi connectivity index (χ2v) is 7.54. The Balaban J connectivity index is 2.09. The number of hydrogen-bond donors (Lipinski definition) is 2. The predicted octanol–water partition coefficient (Wildman–Crippen LogP) is 1.90. The number of nitrogens with zero attached hydrogens (tertiary/aromatic N) is 1. The Hall–Kier alpha value is -1.28. The molecule has 0 fully saturated rings. The van der Waals surface area contributed by atoms with Crippen molar-refractivity contribution in [3.63, 3.8) is 0 Å². The first-order chi connectivity index (χ1) is 10.0. The van der Waals surface area contributed by atoms with Crippen molar-refractivity contribution in [1.82, 2.24) is 15.0 Å². The Morgan fingerprint density at radius 2 is 2.10 bits per heavy atom. The van der Waals surface area contributed by atoms with Crippen molar-refractivity contribution in [1.29, 1.82) is 0 Å². The molecule has 0 aliphatic heterocycles. The van der Waals surface area contributed by atoms with Crippen LogP contribution in [0.4, 0.5) is 0 Å². The Morgan fingerprint density at radius 1 is 1.29 bits per heavy atom. The third kappa shape index (κ3) is 4.34. The second-order valence-electron chi connectivity index (χ2n) is 4.58. The van der Waals surface area contributed by atoms with E-state index in [4.69, 9.17) is 0 Å². The van der Waals surface area contributed by atoms with Crippen molar-refractivity contribution in [2.45, 2.75) is 31.3 Å². The summed E-state index contributed by atoms with van der Waals surface area (Å²) in [6.45, 7) is 2.91. The van der Waals surface area contributed by atoms with E-state index in [0.717, 1.165) is 21.9 Å². The Kier molecular flexibility index (Phi) is 5.46. The summed E-state index contributed by atoms with van der Waals surface area (Å²) in [5.41, 5.74) is 0.933. The maximum Gasteiger partial charge on any atom is 0.240 e. The molecular formula is C14H19N3O2S2. The number of nitrogens with one attached hydrogen (secondary N) is 2. The van der Waals surface area contributed by atoms with E-state index in [-0.39, 0.29) is 11.4 Å². The molecule has 114 valence electrons. The van der Waals surface area contributed by atoms with Crippen LogP contribution in [-0.4, -0.2) is 20.4 Å². The number of benzene rings is 1. The molecular weight excluding hydrogens is 306 g/mol. The molecule has 7 heteroatoms. The first-order valence-corrected chi connectivity index (χ1v) is 9.02. The molecule has 0 aliphatic carbocycles. The zero-order chi connectivity index (χ0) is 15.3. The summed E-state index contributed by atoms with van der Waals surface area (Å²) in [6, 6.07) is 6.92. The van der Waals surface area contributed by atoms with Gasteiger partial charge in [-0.15, -0.1) is 11.3 Å². The summed E-state index contributed by atoms with van der Waals surface area (Å²) in [6.07, 6.45) is 2.71. The summed E-state index contributed by atoms with van der Waals surface area (Å²) in [5, 5.41) is 3.79. The van der Waals surface area contributed by atoms with Crippen LogP contribution < -0.4 is 10.0 Å². The highest BCUT2D eigenvalue weighted by molar-refractivity contribution is 7.89. The van der Waals surface area contributed by atoms with E-state index in [2.05, 4.69) is 21.9 Å². The van der Waals surface area contributed by atoms with Crippen molar-refractivity contribution in [2.24, 2.45) is 0 Å². The fourth-order valence-electron chi connectivity index (χ4n) is 1.86. The number of aryl methyl sites for hydroxylation is 1. The van der Waals surface area contributed by atoms with Gasteiger partial charge < -0.3 is 5.32 Å². The van der Waals surface area contributed by atoms with Gasteiger partial charge in [0, 0.05) is 17.6 Å². The van der Waals surface area contributed by atoms with Gasteiger partial charge in [0.25, 0.3) is 0 Å². The molecule has 1 heterocycles. The van der Waals surface area contributed by atoms with Gasteiger partial charge in [0.1, 0.15) is 5.01 Å². The largest absolute Gasteiger partial charge is 0.316 e. The lowest BCUT2D eigenvalue weighted by atomic mass is 10.2. The summed E-state index contributed by atoms with van der Waals surface area (Å²) in [5.74, 6) is 0. The number of rotatable bonds is 7. The van der Waals surface area contributed by atoms with E-state index in [9.17, 15) is 8.42 Å². The van der Waals surface area contributed by atoms with Gasteiger partial charge in [-0.1, -0.05) is 19.1 Å². The van der Waals surface area contributed by atoms with Crippen molar-refractivity contribution < 1.29 is 8.42 Å². The van der Waals surface area contributed by atoms with E-state index >= 15 is 0 Å². The molecule has 2 rings (SSSR count). The van der Waals surface area contributed by atoms with Crippen LogP contribution in [-0.2, 0) is 29.5 Å². The average Bonchev–Trinajstić information content (AvgIpc) is 2.94. The number of hydrogen-bond acceptors (Lipinski definition) is 5. The van der Waals surface area contributed by atoms with Gasteiger partial charge in [0.15, 0.2) is 0 Å². The molecule has 2 aromatic rings. The Morgan fingerprint density at radius 3 is 2.76 bits per heavy atom. The lowest BCUT2D eigenvalue weighted by Gasteiger charge is -2.07. The lowest BCUT2D eigenvalue weighted by Crippen LogP contribution is -2.23. The molecule has 0 saturated carbocycles. The number of aromatic nitrogens is 1. The van der Waals surface area contributed by atoms with E-state index in [0.29, 0.717) is 6.54 Å². The quantitative estimate of drug-likeness (QED) is 0.816. The smallest absolute Gasteiger partial charge is 0.240 e. The maximum absolute atomic E-state index is 12.3. The third-order valence-corrected chi connectivity index (χ3v) is 5.49. The zero-order valence-electron chi connectivity index (χ0n) is 12.1. The topological polar surface area (TPSA) is 71.1 Å². The first-order valence-electron chi connectivity index (χ1n) is 6.72. The van der Waals surface area contributed by atoms with Crippen LogP contribution in [0.25, 0.3) is 0 Å². The van der Waals surface area contributed by atoms with Crippen molar-refractivity contribution in [2.75, 3.05) is 7.05 Å². The molecule has 0 radical (unpaired) electrons. The standard InChI is InChI=1S/C14H19N3O2S2/c1-3-12-9-16-14(20-12)10-17-21(18,19)13-6-4-5-11(7-13)8-15-2/h4-7,9,15,17H,3,8,10H2,1-2H3. The predicted molar refractivity (Wildman–Crippen MR) is 84.7 cm³/mol. The monoisotopic (exact) mass is 325 g/mol. The van der Waals surface area contributed by atoms with Crippen LogP contribution in [0.1, 0.15) is 22.4 Å². The minimum atomic E-state index is -3.51. The molecule has 0 atom stereocenters. The van der Waals surface area contributed by atoms with Gasteiger partial charge in [-0.3, -0.25) is 0 Å². The zero-order valence-corrected chi connectivity index (χ0v) is 13.7. The maximum atomic E-state index is 12.3. The van der Waals surface area contributed by atoms with Gasteiger partial charge in [-0.25, -0.2) is 18.1 Å². The molecule has 0 bridgehead atoms. The summed E-state index contributed by atoms with van der Waals surface area (Å²) in [7, 11) is -1.68. The van der Waals surface area contributed by atoms with Crippen molar-refractivity contribution in [3.05, 3.63) is 45.9 Å². The van der Waals surface area contributed by atoms with E-state index in [1.165, 1.54) is 11.3 Å². The average molecular weight is 325 g/mol. The SMILES string of the molecule is CCc1cnc(CNS(=O)(=O)c2cccc(CNC)c2)s1. The number of thiazole rings is 1. The molecule has 2 N–H and O–H groups in total. The minimum absolute atomic E-state index is 0.225. The minimum Gasteiger partial charge on any atom is -0.316 e. The third-order valence-electron chi connectivity index (χ3n) is 2.95. The summed E-state index contributed by atoms with van der Waals surface area (Å²) in [4.78, 5) is 5.65. The van der Waals surface area contributed by atoms with Crippen molar-refractivity contribution in [3.8, 4) is 0 Å². The lowest BCUT2D eigenvalue weighted by molar-refractivity contribution is 0.581. The fourth-order valence-corrected chi connectivity index (χ4v) is 3.81. The second kappa shape index (κ2) is 7.13. The van der Waals surface area contributed by atoms with Gasteiger partial charge in [-0.05, 0) is 31.2 Å². The van der Waals surface area contributed by atoms with Crippen LogP contribution in [0.5, 0.6) is 0 Å². The molecule has 0 unspecified atom stereocenters. The molecule has 1 aromatic carbocycles. The summed E-state index contributed by atoms with van der Waals surface area (Å²) >= 11 is 1.53. The van der Waals surface area contributed by atoms with E-state index in [1.54, 1.807) is 24.4 Å². The summed E-state index contributed by atoms with van der Waals surface area (Å²) < 4.78 is 27.2. The molecule has 0 amide bonds. The van der Waals surface area contributed by atoms with E-state index in [1.807, 2.05) is 13.1 Å². The molecule has 0 spiro atoms. The van der Waals surface area contributed by atoms with Gasteiger partial charge in [0.2, 0.25) is 10.0 Å². The fraction of sp³-hybridized carbons (Fsp3) is 0.357. The molecule has 21 heavy (non-hydrogen) atoms. The van der Waals surface area contributed by atoms with Crippen molar-refractivity contribution >= 4 is 21.4 Å². The Bertz CT molecular complexity index is 696. The van der Waals surface area contributed by atoms with Crippen LogP contribution in [0.3, 0.4) is 0 Å². The van der Waals surface area contributed by atoms with Gasteiger partial charge in [-0.2, -0.15) is 0 Å². The highest BCUT2D eigenvalue weighted by Gasteiger charge is 2.15. The van der Waals surface area contributed by atoms with Crippen LogP contribution in [0.15, 0.2) is 35.4 Å². The highest BCUT2D eigenvalue weighted by Crippen LogP contribution is 2.15. The van der Waals surface area contributed by atoms with Crippen LogP contribution >= 0.6 is 11.3 Å². The molecule has 0 saturated heterocycles. The molecule has 5 nitrogen and oxygen atoms in total. The van der Waals surface area contributed by atoms with Crippen LogP contribution in [0, 0.1) is 0 Å². The molecule has 0 aliphatic rings. The number of sulfonamides is 1. The first kappa shape index (κ1) is 16.1. The highest BCUT2D eigenvalue weighted by atomic mass is 32.2. The van der Waals surface area contributed by atoms with Crippen LogP contribution in [0.2, 0.25) is 0 Å². The molecule has 1 aromatic heterocycles. The van der Waals surface area contributed by atoms with Gasteiger partial charge >= 0.3 is 0 Å².